The molecule has 1 fully saturated rings. The Morgan fingerprint density at radius 1 is 1.08 bits per heavy atom. The van der Waals surface area contributed by atoms with Crippen LogP contribution in [0.5, 0.6) is 5.75 Å². The highest BCUT2D eigenvalue weighted by atomic mass is 16.3. The van der Waals surface area contributed by atoms with E-state index in [0.717, 1.165) is 31.2 Å². The van der Waals surface area contributed by atoms with Gasteiger partial charge in [-0.1, -0.05) is 18.2 Å². The highest BCUT2D eigenvalue weighted by Crippen LogP contribution is 2.21. The summed E-state index contributed by atoms with van der Waals surface area (Å²) in [5.41, 5.74) is 1.43. The van der Waals surface area contributed by atoms with E-state index < -0.39 is 0 Å². The van der Waals surface area contributed by atoms with Crippen LogP contribution in [-0.4, -0.2) is 39.8 Å². The number of anilines is 1. The van der Waals surface area contributed by atoms with Gasteiger partial charge in [-0.2, -0.15) is 0 Å². The minimum absolute atomic E-state index is 0.188. The minimum atomic E-state index is -0.202. The zero-order valence-corrected chi connectivity index (χ0v) is 14.7. The second-order valence-corrected chi connectivity index (χ2v) is 6.73. The van der Waals surface area contributed by atoms with Crippen molar-refractivity contribution in [2.24, 2.45) is 0 Å². The average Bonchev–Trinajstić information content (AvgIpc) is 2.65. The first-order chi connectivity index (χ1) is 12.6. The lowest BCUT2D eigenvalue weighted by molar-refractivity contribution is 0.0949. The Labute approximate surface area is 153 Å². The number of nitrogens with zero attached hydrogens (tertiary/aromatic N) is 1. The highest BCUT2D eigenvalue weighted by molar-refractivity contribution is 5.92. The summed E-state index contributed by atoms with van der Waals surface area (Å²) >= 11 is 0. The molecule has 26 heavy (non-hydrogen) atoms. The van der Waals surface area contributed by atoms with Crippen molar-refractivity contribution in [3.63, 3.8) is 0 Å². The maximum absolute atomic E-state index is 12.3. The van der Waals surface area contributed by atoms with E-state index in [9.17, 15) is 15.0 Å². The van der Waals surface area contributed by atoms with Crippen LogP contribution in [0.25, 0.3) is 0 Å². The van der Waals surface area contributed by atoms with Crippen molar-refractivity contribution in [1.29, 1.82) is 0 Å². The summed E-state index contributed by atoms with van der Waals surface area (Å²) in [5, 5.41) is 25.1. The van der Waals surface area contributed by atoms with Gasteiger partial charge in [0.25, 0.3) is 5.91 Å². The third-order valence-electron chi connectivity index (χ3n) is 4.67. The van der Waals surface area contributed by atoms with E-state index in [0.29, 0.717) is 30.5 Å². The van der Waals surface area contributed by atoms with Crippen LogP contribution in [0, 0.1) is 0 Å². The fourth-order valence-electron chi connectivity index (χ4n) is 3.14. The Morgan fingerprint density at radius 2 is 1.81 bits per heavy atom. The molecule has 1 aliphatic carbocycles. The summed E-state index contributed by atoms with van der Waals surface area (Å²) in [7, 11) is 0. The van der Waals surface area contributed by atoms with Crippen LogP contribution < -0.4 is 10.6 Å². The van der Waals surface area contributed by atoms with E-state index in [1.807, 2.05) is 24.3 Å². The van der Waals surface area contributed by atoms with E-state index in [1.165, 1.54) is 0 Å². The zero-order valence-electron chi connectivity index (χ0n) is 14.7. The molecule has 1 aliphatic rings. The van der Waals surface area contributed by atoms with E-state index in [4.69, 9.17) is 0 Å². The molecule has 1 aromatic heterocycles. The number of rotatable bonds is 6. The molecular formula is C20H25N3O3. The van der Waals surface area contributed by atoms with Gasteiger partial charge in [-0.15, -0.1) is 0 Å². The number of carbonyl (C=O) groups excluding carboxylic acids is 1. The number of aliphatic hydroxyl groups is 1. The molecule has 6 heteroatoms. The molecule has 1 aromatic carbocycles. The zero-order chi connectivity index (χ0) is 18.4. The maximum Gasteiger partial charge on any atom is 0.269 e. The van der Waals surface area contributed by atoms with Crippen LogP contribution in [0.4, 0.5) is 5.82 Å². The number of aromatic nitrogens is 1. The van der Waals surface area contributed by atoms with Crippen LogP contribution in [0.2, 0.25) is 0 Å². The van der Waals surface area contributed by atoms with Gasteiger partial charge in [0.2, 0.25) is 0 Å². The molecule has 3 rings (SSSR count). The summed E-state index contributed by atoms with van der Waals surface area (Å²) in [5.74, 6) is 0.725. The van der Waals surface area contributed by atoms with Gasteiger partial charge < -0.3 is 20.8 Å². The van der Waals surface area contributed by atoms with Gasteiger partial charge in [-0.25, -0.2) is 4.98 Å². The second-order valence-electron chi connectivity index (χ2n) is 6.73. The topological polar surface area (TPSA) is 94.5 Å². The number of carbonyl (C=O) groups is 1. The van der Waals surface area contributed by atoms with Crippen molar-refractivity contribution in [2.75, 3.05) is 11.9 Å². The summed E-state index contributed by atoms with van der Waals surface area (Å²) in [6.45, 7) is 0.503. The van der Waals surface area contributed by atoms with E-state index >= 15 is 0 Å². The lowest BCUT2D eigenvalue weighted by Crippen LogP contribution is -2.29. The largest absolute Gasteiger partial charge is 0.508 e. The Hall–Kier alpha value is -2.60. The van der Waals surface area contributed by atoms with E-state index in [2.05, 4.69) is 15.6 Å². The van der Waals surface area contributed by atoms with Crippen molar-refractivity contribution in [1.82, 2.24) is 10.3 Å². The van der Waals surface area contributed by atoms with E-state index in [-0.39, 0.29) is 17.8 Å². The summed E-state index contributed by atoms with van der Waals surface area (Å²) < 4.78 is 0. The molecule has 0 bridgehead atoms. The summed E-state index contributed by atoms with van der Waals surface area (Å²) in [6, 6.07) is 12.6. The van der Waals surface area contributed by atoms with Gasteiger partial charge in [-0.3, -0.25) is 4.79 Å². The molecule has 0 unspecified atom stereocenters. The number of hydrogen-bond acceptors (Lipinski definition) is 5. The van der Waals surface area contributed by atoms with Crippen molar-refractivity contribution in [3.05, 3.63) is 53.7 Å². The van der Waals surface area contributed by atoms with Crippen molar-refractivity contribution < 1.29 is 15.0 Å². The van der Waals surface area contributed by atoms with Gasteiger partial charge in [0.1, 0.15) is 17.3 Å². The number of pyridine rings is 1. The Balaban J connectivity index is 1.50. The molecule has 2 aromatic rings. The first-order valence-electron chi connectivity index (χ1n) is 9.08. The normalized spacial score (nSPS) is 19.7. The molecule has 0 aliphatic heterocycles. The maximum atomic E-state index is 12.3. The Bertz CT molecular complexity index is 725. The number of benzene rings is 1. The smallest absolute Gasteiger partial charge is 0.269 e. The van der Waals surface area contributed by atoms with Crippen molar-refractivity contribution in [2.45, 2.75) is 44.2 Å². The minimum Gasteiger partial charge on any atom is -0.508 e. The van der Waals surface area contributed by atoms with E-state index in [1.54, 1.807) is 18.2 Å². The number of phenolic OH excluding ortho intramolecular Hbond substituents is 1. The van der Waals surface area contributed by atoms with Gasteiger partial charge in [-0.05, 0) is 61.9 Å². The molecular weight excluding hydrogens is 330 g/mol. The van der Waals surface area contributed by atoms with Crippen LogP contribution >= 0.6 is 0 Å². The molecule has 1 heterocycles. The van der Waals surface area contributed by atoms with Crippen LogP contribution in [-0.2, 0) is 6.42 Å². The predicted octanol–water partition coefficient (Wildman–Crippen LogP) is 2.48. The predicted molar refractivity (Wildman–Crippen MR) is 100 cm³/mol. The van der Waals surface area contributed by atoms with Crippen LogP contribution in [0.15, 0.2) is 42.5 Å². The number of nitrogens with one attached hydrogen (secondary N) is 2. The molecule has 4 N–H and O–H groups in total. The Morgan fingerprint density at radius 3 is 2.54 bits per heavy atom. The third-order valence-corrected chi connectivity index (χ3v) is 4.67. The third kappa shape index (κ3) is 5.20. The molecule has 0 atom stereocenters. The lowest BCUT2D eigenvalue weighted by Gasteiger charge is -2.26. The van der Waals surface area contributed by atoms with Crippen molar-refractivity contribution in [3.8, 4) is 5.75 Å². The number of aromatic hydroxyl groups is 1. The molecule has 0 saturated heterocycles. The first kappa shape index (κ1) is 18.2. The number of amides is 1. The number of hydrogen-bond donors (Lipinski definition) is 4. The molecule has 0 radical (unpaired) electrons. The van der Waals surface area contributed by atoms with Gasteiger partial charge in [0.15, 0.2) is 0 Å². The highest BCUT2D eigenvalue weighted by Gasteiger charge is 2.19. The standard InChI is InChI=1S/C20H25N3O3/c24-16-8-4-14(5-9-16)12-13-21-20(26)18-2-1-3-19(23-18)22-15-6-10-17(25)11-7-15/h1-5,8-9,15,17,24-25H,6-7,10-13H2,(H,21,26)(H,22,23). The summed E-state index contributed by atoms with van der Waals surface area (Å²) in [4.78, 5) is 16.7. The molecule has 1 saturated carbocycles. The van der Waals surface area contributed by atoms with Crippen LogP contribution in [0.1, 0.15) is 41.7 Å². The SMILES string of the molecule is O=C(NCCc1ccc(O)cc1)c1cccc(NC2CCC(O)CC2)n1. The van der Waals surface area contributed by atoms with Gasteiger partial charge >= 0.3 is 0 Å². The van der Waals surface area contributed by atoms with Crippen LogP contribution in [0.3, 0.4) is 0 Å². The molecule has 0 spiro atoms. The van der Waals surface area contributed by atoms with Gasteiger partial charge in [0, 0.05) is 12.6 Å². The quantitative estimate of drug-likeness (QED) is 0.639. The number of phenols is 1. The number of aliphatic hydroxyl groups excluding tert-OH is 1. The van der Waals surface area contributed by atoms with Crippen molar-refractivity contribution >= 4 is 11.7 Å². The fourth-order valence-corrected chi connectivity index (χ4v) is 3.14. The average molecular weight is 355 g/mol. The second kappa shape index (κ2) is 8.67. The lowest BCUT2D eigenvalue weighted by atomic mass is 9.93. The fraction of sp³-hybridized carbons (Fsp3) is 0.400. The first-order valence-corrected chi connectivity index (χ1v) is 9.08. The molecule has 1 amide bonds. The van der Waals surface area contributed by atoms with Gasteiger partial charge in [0.05, 0.1) is 6.10 Å². The molecule has 6 nitrogen and oxygen atoms in total. The Kier molecular flexibility index (Phi) is 6.07. The summed E-state index contributed by atoms with van der Waals surface area (Å²) in [6.07, 6.45) is 3.92. The monoisotopic (exact) mass is 355 g/mol. The molecule has 138 valence electrons.